The van der Waals surface area contributed by atoms with Crippen molar-refractivity contribution in [3.8, 4) is 5.75 Å². The van der Waals surface area contributed by atoms with Crippen molar-refractivity contribution in [3.05, 3.63) is 53.7 Å². The van der Waals surface area contributed by atoms with E-state index in [1.54, 1.807) is 13.3 Å². The molecule has 1 N–H and O–H groups in total. The van der Waals surface area contributed by atoms with Gasteiger partial charge in [0.25, 0.3) is 0 Å². The van der Waals surface area contributed by atoms with E-state index in [0.717, 1.165) is 39.8 Å². The van der Waals surface area contributed by atoms with Gasteiger partial charge in [0.05, 0.1) is 19.9 Å². The molecule has 1 aliphatic heterocycles. The van der Waals surface area contributed by atoms with Crippen molar-refractivity contribution >= 4 is 28.3 Å². The van der Waals surface area contributed by atoms with Crippen LogP contribution < -0.4 is 4.74 Å². The number of fused-ring (bicyclic) bond motifs is 2. The molecule has 0 bridgehead atoms. The topological polar surface area (TPSA) is 76.6 Å². The number of hydrogen-bond acceptors (Lipinski definition) is 5. The molecule has 0 radical (unpaired) electrons. The normalized spacial score (nSPS) is 18.2. The number of methoxy groups -OCH3 is 1. The van der Waals surface area contributed by atoms with Crippen LogP contribution in [0, 0.1) is 5.92 Å². The molecule has 2 aromatic carbocycles. The van der Waals surface area contributed by atoms with Crippen molar-refractivity contribution in [1.29, 1.82) is 0 Å². The van der Waals surface area contributed by atoms with Crippen LogP contribution in [0.15, 0.2) is 47.6 Å². The summed E-state index contributed by atoms with van der Waals surface area (Å²) >= 11 is 0. The number of carbonyl (C=O) groups is 1. The fraction of sp³-hybridized carbons (Fsp3) is 0.348. The van der Waals surface area contributed by atoms with E-state index in [1.165, 1.54) is 0 Å². The minimum Gasteiger partial charge on any atom is -0.496 e. The van der Waals surface area contributed by atoms with Crippen molar-refractivity contribution in [1.82, 2.24) is 10.2 Å². The van der Waals surface area contributed by atoms with Crippen molar-refractivity contribution in [2.24, 2.45) is 10.9 Å². The van der Waals surface area contributed by atoms with Crippen molar-refractivity contribution in [2.45, 2.75) is 32.6 Å². The average molecular weight is 391 g/mol. The molecule has 0 saturated carbocycles. The number of nitrogens with zero attached hydrogens (tertiary/aromatic N) is 2. The Balaban J connectivity index is 2.01. The SMILES string of the molecule is CCCC1=Nc2[nH]ncc2C(c2c(OC)ccc3ccccc23)C1C(=O)OCC. The van der Waals surface area contributed by atoms with Gasteiger partial charge in [0.2, 0.25) is 0 Å². The number of nitrogens with one attached hydrogen (secondary N) is 1. The summed E-state index contributed by atoms with van der Waals surface area (Å²) in [5, 5.41) is 9.36. The molecular weight excluding hydrogens is 366 g/mol. The Kier molecular flexibility index (Phi) is 5.34. The highest BCUT2D eigenvalue weighted by atomic mass is 16.5. The highest BCUT2D eigenvalue weighted by Crippen LogP contribution is 2.47. The summed E-state index contributed by atoms with van der Waals surface area (Å²) in [6.45, 7) is 4.24. The zero-order valence-electron chi connectivity index (χ0n) is 16.9. The molecule has 0 fully saturated rings. The summed E-state index contributed by atoms with van der Waals surface area (Å²) in [4.78, 5) is 17.9. The van der Waals surface area contributed by atoms with Crippen LogP contribution in [-0.4, -0.2) is 35.6 Å². The van der Waals surface area contributed by atoms with E-state index in [-0.39, 0.29) is 11.9 Å². The monoisotopic (exact) mass is 391 g/mol. The molecule has 3 aromatic rings. The fourth-order valence-electron chi connectivity index (χ4n) is 4.26. The fourth-order valence-corrected chi connectivity index (χ4v) is 4.26. The molecule has 29 heavy (non-hydrogen) atoms. The van der Waals surface area contributed by atoms with Crippen LogP contribution in [0.4, 0.5) is 5.82 Å². The van der Waals surface area contributed by atoms with E-state index in [4.69, 9.17) is 14.5 Å². The lowest BCUT2D eigenvalue weighted by Crippen LogP contribution is -2.34. The first-order valence-corrected chi connectivity index (χ1v) is 10.0. The van der Waals surface area contributed by atoms with Crippen LogP contribution in [-0.2, 0) is 9.53 Å². The van der Waals surface area contributed by atoms with Gasteiger partial charge in [-0.05, 0) is 30.2 Å². The minimum absolute atomic E-state index is 0.258. The molecule has 2 atom stereocenters. The highest BCUT2D eigenvalue weighted by Gasteiger charge is 2.42. The third-order valence-corrected chi connectivity index (χ3v) is 5.44. The Morgan fingerprint density at radius 3 is 2.76 bits per heavy atom. The molecular formula is C23H25N3O3. The van der Waals surface area contributed by atoms with Crippen LogP contribution >= 0.6 is 0 Å². The smallest absolute Gasteiger partial charge is 0.315 e. The Morgan fingerprint density at radius 1 is 1.17 bits per heavy atom. The maximum atomic E-state index is 13.2. The quantitative estimate of drug-likeness (QED) is 0.614. The molecule has 0 spiro atoms. The molecule has 2 unspecified atom stereocenters. The molecule has 0 saturated heterocycles. The van der Waals surface area contributed by atoms with Gasteiger partial charge >= 0.3 is 5.97 Å². The highest BCUT2D eigenvalue weighted by molar-refractivity contribution is 6.07. The lowest BCUT2D eigenvalue weighted by atomic mass is 9.74. The Bertz CT molecular complexity index is 1070. The van der Waals surface area contributed by atoms with E-state index in [1.807, 2.05) is 31.2 Å². The van der Waals surface area contributed by atoms with Gasteiger partial charge in [0.1, 0.15) is 11.7 Å². The Hall–Kier alpha value is -3.15. The number of aromatic amines is 1. The summed E-state index contributed by atoms with van der Waals surface area (Å²) in [5.41, 5.74) is 2.68. The maximum Gasteiger partial charge on any atom is 0.315 e. The molecule has 150 valence electrons. The van der Waals surface area contributed by atoms with Gasteiger partial charge in [-0.3, -0.25) is 9.89 Å². The van der Waals surface area contributed by atoms with E-state index in [9.17, 15) is 4.79 Å². The minimum atomic E-state index is -0.514. The summed E-state index contributed by atoms with van der Waals surface area (Å²) in [6, 6.07) is 12.2. The van der Waals surface area contributed by atoms with Crippen molar-refractivity contribution < 1.29 is 14.3 Å². The Labute approximate surface area is 169 Å². The molecule has 0 amide bonds. The molecule has 2 heterocycles. The number of esters is 1. The third kappa shape index (κ3) is 3.28. The van der Waals surface area contributed by atoms with E-state index in [0.29, 0.717) is 18.8 Å². The Morgan fingerprint density at radius 2 is 2.00 bits per heavy atom. The largest absolute Gasteiger partial charge is 0.496 e. The first-order valence-electron chi connectivity index (χ1n) is 10.0. The molecule has 1 aliphatic rings. The van der Waals surface area contributed by atoms with Gasteiger partial charge in [0.15, 0.2) is 5.82 Å². The van der Waals surface area contributed by atoms with Crippen LogP contribution in [0.3, 0.4) is 0 Å². The third-order valence-electron chi connectivity index (χ3n) is 5.44. The predicted molar refractivity (Wildman–Crippen MR) is 113 cm³/mol. The second-order valence-corrected chi connectivity index (χ2v) is 7.14. The molecule has 4 rings (SSSR count). The second-order valence-electron chi connectivity index (χ2n) is 7.14. The summed E-state index contributed by atoms with van der Waals surface area (Å²) in [6.07, 6.45) is 3.36. The van der Waals surface area contributed by atoms with Gasteiger partial charge in [-0.25, -0.2) is 4.99 Å². The number of benzene rings is 2. The molecule has 0 aliphatic carbocycles. The van der Waals surface area contributed by atoms with Crippen LogP contribution in [0.1, 0.15) is 43.7 Å². The van der Waals surface area contributed by atoms with E-state index in [2.05, 4.69) is 29.3 Å². The first kappa shape index (κ1) is 19.2. The summed E-state index contributed by atoms with van der Waals surface area (Å²) < 4.78 is 11.3. The number of ether oxygens (including phenoxy) is 2. The van der Waals surface area contributed by atoms with E-state index >= 15 is 0 Å². The van der Waals surface area contributed by atoms with Crippen LogP contribution in [0.25, 0.3) is 10.8 Å². The van der Waals surface area contributed by atoms with Gasteiger partial charge in [0, 0.05) is 22.8 Å². The zero-order valence-corrected chi connectivity index (χ0v) is 16.9. The van der Waals surface area contributed by atoms with Gasteiger partial charge in [-0.1, -0.05) is 43.7 Å². The number of carbonyl (C=O) groups excluding carboxylic acids is 1. The van der Waals surface area contributed by atoms with Crippen molar-refractivity contribution in [2.75, 3.05) is 13.7 Å². The number of H-pyrrole nitrogens is 1. The van der Waals surface area contributed by atoms with Gasteiger partial charge in [-0.15, -0.1) is 0 Å². The summed E-state index contributed by atoms with van der Waals surface area (Å²) in [7, 11) is 1.66. The van der Waals surface area contributed by atoms with Gasteiger partial charge < -0.3 is 9.47 Å². The number of hydrogen-bond donors (Lipinski definition) is 1. The number of rotatable bonds is 6. The lowest BCUT2D eigenvalue weighted by molar-refractivity contribution is -0.146. The number of aliphatic imine (C=N–C) groups is 1. The molecule has 1 aromatic heterocycles. The standard InChI is InChI=1S/C23H25N3O3/c1-4-8-17-21(23(27)29-5-2)20(16-13-24-26-22(16)25-17)19-15-10-7-6-9-14(15)11-12-18(19)28-3/h6-7,9-13,20-21H,4-5,8H2,1-3H3,(H,24,26). The first-order chi connectivity index (χ1) is 14.2. The zero-order chi connectivity index (χ0) is 20.4. The van der Waals surface area contributed by atoms with E-state index < -0.39 is 5.92 Å². The number of aromatic nitrogens is 2. The average Bonchev–Trinajstić information content (AvgIpc) is 3.20. The van der Waals surface area contributed by atoms with Crippen molar-refractivity contribution in [3.63, 3.8) is 0 Å². The molecule has 6 nitrogen and oxygen atoms in total. The maximum absolute atomic E-state index is 13.2. The predicted octanol–water partition coefficient (Wildman–Crippen LogP) is 4.77. The summed E-state index contributed by atoms with van der Waals surface area (Å²) in [5.74, 6) is 0.385. The second kappa shape index (κ2) is 8.07. The van der Waals surface area contributed by atoms with Crippen LogP contribution in [0.2, 0.25) is 0 Å². The lowest BCUT2D eigenvalue weighted by Gasteiger charge is -2.32. The van der Waals surface area contributed by atoms with Crippen LogP contribution in [0.5, 0.6) is 5.75 Å². The van der Waals surface area contributed by atoms with Gasteiger partial charge in [-0.2, -0.15) is 5.10 Å². The molecule has 6 heteroatoms.